The summed E-state index contributed by atoms with van der Waals surface area (Å²) in [6.45, 7) is 5.01. The molecule has 3 amide bonds. The summed E-state index contributed by atoms with van der Waals surface area (Å²) in [4.78, 5) is 41.4. The minimum atomic E-state index is -0.974. The zero-order valence-electron chi connectivity index (χ0n) is 23.4. The molecule has 3 atom stereocenters. The molecule has 10 heteroatoms. The van der Waals surface area contributed by atoms with Crippen LogP contribution >= 0.6 is 0 Å². The Morgan fingerprint density at radius 1 is 1.05 bits per heavy atom. The Balaban J connectivity index is 1.60. The zero-order valence-corrected chi connectivity index (χ0v) is 23.4. The van der Waals surface area contributed by atoms with E-state index in [2.05, 4.69) is 15.5 Å². The molecule has 0 aromatic heterocycles. The first-order chi connectivity index (χ1) is 19.7. The Hall–Kier alpha value is -4.41. The topological polar surface area (TPSA) is 131 Å². The molecule has 0 fully saturated rings. The van der Waals surface area contributed by atoms with Crippen LogP contribution in [0, 0.1) is 5.92 Å². The maximum Gasteiger partial charge on any atom is 0.335 e. The van der Waals surface area contributed by atoms with E-state index in [1.807, 2.05) is 32.2 Å². The van der Waals surface area contributed by atoms with Gasteiger partial charge in [-0.05, 0) is 55.9 Å². The van der Waals surface area contributed by atoms with E-state index in [0.29, 0.717) is 36.6 Å². The molecular formula is C31H36N4O6. The number of fused-ring (bicyclic) bond motifs is 1. The molecule has 0 aliphatic carbocycles. The van der Waals surface area contributed by atoms with Crippen LogP contribution in [0.2, 0.25) is 0 Å². The molecule has 0 saturated heterocycles. The van der Waals surface area contributed by atoms with E-state index in [-0.39, 0.29) is 35.8 Å². The van der Waals surface area contributed by atoms with Crippen LogP contribution in [0.5, 0.6) is 5.75 Å². The molecule has 10 nitrogen and oxygen atoms in total. The van der Waals surface area contributed by atoms with Crippen LogP contribution < -0.4 is 15.4 Å². The number of rotatable bonds is 9. The lowest BCUT2D eigenvalue weighted by atomic mass is 9.98. The lowest BCUT2D eigenvalue weighted by Crippen LogP contribution is -2.49. The van der Waals surface area contributed by atoms with Crippen LogP contribution in [-0.4, -0.2) is 76.8 Å². The minimum absolute atomic E-state index is 0.121. The summed E-state index contributed by atoms with van der Waals surface area (Å²) in [5, 5.41) is 24.7. The van der Waals surface area contributed by atoms with Crippen molar-refractivity contribution in [1.82, 2.24) is 9.80 Å². The van der Waals surface area contributed by atoms with Gasteiger partial charge in [0.2, 0.25) is 0 Å². The molecule has 4 rings (SSSR count). The SMILES string of the molecule is C[C@H](CO)N1C[C@H](C)[C@H](CN(C)Cc2ccc(C(=O)O)cc2)Oc2c(NC(=O)Nc3ccccc3)cccc2C1=O. The van der Waals surface area contributed by atoms with E-state index in [1.54, 1.807) is 66.4 Å². The second kappa shape index (κ2) is 13.3. The van der Waals surface area contributed by atoms with Crippen molar-refractivity contribution in [3.8, 4) is 5.75 Å². The molecule has 1 heterocycles. The maximum atomic E-state index is 13.7. The number of aliphatic hydroxyl groups excluding tert-OH is 1. The fourth-order valence-electron chi connectivity index (χ4n) is 4.80. The number of aromatic carboxylic acids is 1. The molecule has 0 spiro atoms. The summed E-state index contributed by atoms with van der Waals surface area (Å²) in [6.07, 6.45) is -0.376. The number of carboxylic acid groups (broad SMARTS) is 1. The third-order valence-corrected chi connectivity index (χ3v) is 7.12. The number of carbonyl (C=O) groups is 3. The fourth-order valence-corrected chi connectivity index (χ4v) is 4.80. The standard InChI is InChI=1S/C31H36N4O6/c1-20-16-35(21(2)19-36)29(37)25-10-7-11-26(33-31(40)32-24-8-5-4-6-9-24)28(25)41-27(20)18-34(3)17-22-12-14-23(15-13-22)30(38)39/h4-15,20-21,27,36H,16-19H2,1-3H3,(H,38,39)(H2,32,33,40)/t20-,21+,27-/m0/s1. The van der Waals surface area contributed by atoms with Gasteiger partial charge >= 0.3 is 12.0 Å². The van der Waals surface area contributed by atoms with Gasteiger partial charge in [-0.3, -0.25) is 9.69 Å². The van der Waals surface area contributed by atoms with Crippen molar-refractivity contribution in [2.75, 3.05) is 37.4 Å². The molecule has 0 saturated carbocycles. The lowest BCUT2D eigenvalue weighted by Gasteiger charge is -2.38. The number of ether oxygens (including phenoxy) is 1. The smallest absolute Gasteiger partial charge is 0.335 e. The zero-order chi connectivity index (χ0) is 29.5. The van der Waals surface area contributed by atoms with Crippen molar-refractivity contribution in [1.29, 1.82) is 0 Å². The van der Waals surface area contributed by atoms with Gasteiger partial charge in [-0.1, -0.05) is 43.3 Å². The van der Waals surface area contributed by atoms with E-state index >= 15 is 0 Å². The van der Waals surface area contributed by atoms with Crippen molar-refractivity contribution >= 4 is 29.3 Å². The quantitative estimate of drug-likeness (QED) is 0.305. The van der Waals surface area contributed by atoms with Crippen LogP contribution in [0.25, 0.3) is 0 Å². The van der Waals surface area contributed by atoms with Crippen LogP contribution in [0.4, 0.5) is 16.2 Å². The number of para-hydroxylation sites is 2. The highest BCUT2D eigenvalue weighted by Crippen LogP contribution is 2.35. The van der Waals surface area contributed by atoms with E-state index in [9.17, 15) is 24.6 Å². The van der Waals surface area contributed by atoms with Gasteiger partial charge in [0.05, 0.1) is 29.5 Å². The molecule has 1 aliphatic heterocycles. The van der Waals surface area contributed by atoms with Gasteiger partial charge in [-0.15, -0.1) is 0 Å². The largest absolute Gasteiger partial charge is 0.486 e. The highest BCUT2D eigenvalue weighted by molar-refractivity contribution is 6.04. The summed E-state index contributed by atoms with van der Waals surface area (Å²) in [7, 11) is 1.94. The number of amides is 3. The second-order valence-corrected chi connectivity index (χ2v) is 10.4. The number of benzene rings is 3. The van der Waals surface area contributed by atoms with Gasteiger partial charge in [0.25, 0.3) is 5.91 Å². The molecule has 3 aromatic rings. The minimum Gasteiger partial charge on any atom is -0.486 e. The van der Waals surface area contributed by atoms with E-state index in [0.717, 1.165) is 5.56 Å². The molecular weight excluding hydrogens is 524 g/mol. The van der Waals surface area contributed by atoms with Crippen molar-refractivity contribution < 1.29 is 29.3 Å². The number of carbonyl (C=O) groups excluding carboxylic acids is 2. The Morgan fingerprint density at radius 2 is 1.76 bits per heavy atom. The summed E-state index contributed by atoms with van der Waals surface area (Å²) in [5.41, 5.74) is 2.44. The average molecular weight is 561 g/mol. The summed E-state index contributed by atoms with van der Waals surface area (Å²) < 4.78 is 6.55. The van der Waals surface area contributed by atoms with Gasteiger partial charge < -0.3 is 30.5 Å². The Morgan fingerprint density at radius 3 is 2.41 bits per heavy atom. The summed E-state index contributed by atoms with van der Waals surface area (Å²) in [6, 6.07) is 19.9. The molecule has 0 bridgehead atoms. The molecule has 0 unspecified atom stereocenters. The lowest BCUT2D eigenvalue weighted by molar-refractivity contribution is 0.0343. The van der Waals surface area contributed by atoms with E-state index < -0.39 is 18.0 Å². The van der Waals surface area contributed by atoms with Crippen molar-refractivity contribution in [2.24, 2.45) is 5.92 Å². The predicted octanol–water partition coefficient (Wildman–Crippen LogP) is 4.38. The van der Waals surface area contributed by atoms with Gasteiger partial charge in [0.1, 0.15) is 6.10 Å². The number of nitrogens with zero attached hydrogens (tertiary/aromatic N) is 2. The third kappa shape index (κ3) is 7.41. The van der Waals surface area contributed by atoms with Crippen molar-refractivity contribution in [3.63, 3.8) is 0 Å². The molecule has 3 aromatic carbocycles. The van der Waals surface area contributed by atoms with Crippen LogP contribution in [0.1, 0.15) is 40.1 Å². The van der Waals surface area contributed by atoms with Gasteiger partial charge in [-0.25, -0.2) is 9.59 Å². The number of likely N-dealkylation sites (N-methyl/N-ethyl adjacent to an activating group) is 1. The van der Waals surface area contributed by atoms with Gasteiger partial charge in [-0.2, -0.15) is 0 Å². The Kier molecular flexibility index (Phi) is 9.59. The van der Waals surface area contributed by atoms with Crippen molar-refractivity contribution in [2.45, 2.75) is 32.5 Å². The normalized spacial score (nSPS) is 17.6. The van der Waals surface area contributed by atoms with Crippen LogP contribution in [-0.2, 0) is 6.54 Å². The van der Waals surface area contributed by atoms with Gasteiger partial charge in [0, 0.05) is 31.2 Å². The predicted molar refractivity (Wildman–Crippen MR) is 156 cm³/mol. The first-order valence-corrected chi connectivity index (χ1v) is 13.5. The number of aliphatic hydroxyl groups is 1. The number of urea groups is 1. The monoisotopic (exact) mass is 560 g/mol. The number of anilines is 2. The average Bonchev–Trinajstić information content (AvgIpc) is 2.95. The fraction of sp³-hybridized carbons (Fsp3) is 0.323. The third-order valence-electron chi connectivity index (χ3n) is 7.12. The number of carboxylic acids is 1. The van der Waals surface area contributed by atoms with Crippen molar-refractivity contribution in [3.05, 3.63) is 89.5 Å². The molecule has 41 heavy (non-hydrogen) atoms. The molecule has 4 N–H and O–H groups in total. The number of nitrogens with one attached hydrogen (secondary N) is 2. The van der Waals surface area contributed by atoms with E-state index in [1.165, 1.54) is 0 Å². The highest BCUT2D eigenvalue weighted by Gasteiger charge is 2.34. The van der Waals surface area contributed by atoms with Crippen LogP contribution in [0.15, 0.2) is 72.8 Å². The van der Waals surface area contributed by atoms with Crippen LogP contribution in [0.3, 0.4) is 0 Å². The first-order valence-electron chi connectivity index (χ1n) is 13.5. The highest BCUT2D eigenvalue weighted by atomic mass is 16.5. The summed E-state index contributed by atoms with van der Waals surface area (Å²) >= 11 is 0. The molecule has 0 radical (unpaired) electrons. The Labute approximate surface area is 239 Å². The second-order valence-electron chi connectivity index (χ2n) is 10.4. The summed E-state index contributed by atoms with van der Waals surface area (Å²) in [5.74, 6) is -1.11. The Bertz CT molecular complexity index is 1360. The first kappa shape index (κ1) is 29.6. The maximum absolute atomic E-state index is 13.7. The van der Waals surface area contributed by atoms with E-state index in [4.69, 9.17) is 4.74 Å². The molecule has 216 valence electrons. The number of hydrogen-bond donors (Lipinski definition) is 4. The number of hydrogen-bond acceptors (Lipinski definition) is 6. The van der Waals surface area contributed by atoms with Gasteiger partial charge in [0.15, 0.2) is 5.75 Å². The molecule has 1 aliphatic rings.